The lowest BCUT2D eigenvalue weighted by Crippen LogP contribution is -2.35. The minimum absolute atomic E-state index is 0.0818. The van der Waals surface area contributed by atoms with E-state index in [0.29, 0.717) is 27.5 Å². The topological polar surface area (TPSA) is 101 Å². The maximum Gasteiger partial charge on any atom is 0.257 e. The van der Waals surface area contributed by atoms with Crippen molar-refractivity contribution in [1.82, 2.24) is 20.4 Å². The summed E-state index contributed by atoms with van der Waals surface area (Å²) in [5.41, 5.74) is 1.50. The Bertz CT molecular complexity index is 1380. The van der Waals surface area contributed by atoms with Gasteiger partial charge in [0.2, 0.25) is 0 Å². The molecule has 9 heteroatoms. The van der Waals surface area contributed by atoms with Gasteiger partial charge in [0.25, 0.3) is 5.91 Å². The lowest BCUT2D eigenvalue weighted by Gasteiger charge is -2.28. The van der Waals surface area contributed by atoms with E-state index in [2.05, 4.69) is 20.4 Å². The molecule has 0 radical (unpaired) electrons. The van der Waals surface area contributed by atoms with Crippen LogP contribution in [0.3, 0.4) is 0 Å². The molecule has 36 heavy (non-hydrogen) atoms. The number of nitrogens with zero attached hydrogens (tertiary/aromatic N) is 2. The maximum atomic E-state index is 15.6. The zero-order valence-corrected chi connectivity index (χ0v) is 20.9. The molecule has 2 aromatic heterocycles. The predicted octanol–water partition coefficient (Wildman–Crippen LogP) is 6.00. The maximum absolute atomic E-state index is 15.6. The van der Waals surface area contributed by atoms with Gasteiger partial charge in [-0.1, -0.05) is 55.5 Å². The van der Waals surface area contributed by atoms with E-state index in [1.165, 1.54) is 18.8 Å². The Balaban J connectivity index is 1.51. The van der Waals surface area contributed by atoms with E-state index in [-0.39, 0.29) is 22.2 Å². The number of nitrogens with one attached hydrogen (secondary N) is 2. The molecular weight excluding hydrogens is 479 g/mol. The smallest absolute Gasteiger partial charge is 0.257 e. The highest BCUT2D eigenvalue weighted by atomic mass is 32.2. The van der Waals surface area contributed by atoms with Crippen LogP contribution in [0.15, 0.2) is 63.0 Å². The molecule has 7 nitrogen and oxygen atoms in total. The number of fused-ring (bicyclic) bond motifs is 1. The first kappa shape index (κ1) is 24.4. The molecule has 2 heterocycles. The fourth-order valence-electron chi connectivity index (χ4n) is 4.96. The molecule has 1 fully saturated rings. The summed E-state index contributed by atoms with van der Waals surface area (Å²) >= 11 is 0. The number of hydrogen-bond acceptors (Lipinski definition) is 5. The molecule has 4 aromatic rings. The van der Waals surface area contributed by atoms with Crippen LogP contribution in [-0.2, 0) is 10.8 Å². The molecule has 2 atom stereocenters. The molecule has 188 valence electrons. The molecule has 0 aliphatic heterocycles. The second-order valence-corrected chi connectivity index (χ2v) is 10.8. The van der Waals surface area contributed by atoms with Crippen LogP contribution in [-0.4, -0.2) is 25.2 Å². The molecular formula is C27H29FN4O3S. The first-order valence-corrected chi connectivity index (χ1v) is 13.5. The monoisotopic (exact) mass is 508 g/mol. The molecule has 2 unspecified atom stereocenters. The van der Waals surface area contributed by atoms with Gasteiger partial charge in [-0.05, 0) is 49.9 Å². The summed E-state index contributed by atoms with van der Waals surface area (Å²) in [5.74, 6) is -0.266. The van der Waals surface area contributed by atoms with Crippen molar-refractivity contribution in [2.75, 3.05) is 0 Å². The van der Waals surface area contributed by atoms with Crippen molar-refractivity contribution in [2.24, 2.45) is 5.92 Å². The lowest BCUT2D eigenvalue weighted by atomic mass is 9.85. The van der Waals surface area contributed by atoms with Crippen molar-refractivity contribution in [3.05, 3.63) is 71.6 Å². The van der Waals surface area contributed by atoms with Gasteiger partial charge in [-0.2, -0.15) is 0 Å². The average Bonchev–Trinajstić information content (AvgIpc) is 3.50. The van der Waals surface area contributed by atoms with E-state index < -0.39 is 22.7 Å². The zero-order valence-electron chi connectivity index (χ0n) is 20.1. The van der Waals surface area contributed by atoms with Crippen molar-refractivity contribution in [1.29, 1.82) is 0 Å². The van der Waals surface area contributed by atoms with Gasteiger partial charge in [-0.15, -0.1) is 0 Å². The van der Waals surface area contributed by atoms with Crippen LogP contribution >= 0.6 is 0 Å². The number of benzene rings is 2. The third kappa shape index (κ3) is 4.97. The number of aromatic amines is 1. The molecule has 0 bridgehead atoms. The first-order valence-electron chi connectivity index (χ1n) is 12.4. The van der Waals surface area contributed by atoms with E-state index in [1.807, 2.05) is 6.07 Å². The van der Waals surface area contributed by atoms with Crippen molar-refractivity contribution in [3.8, 4) is 0 Å². The van der Waals surface area contributed by atoms with Crippen LogP contribution in [0.5, 0.6) is 0 Å². The van der Waals surface area contributed by atoms with Gasteiger partial charge < -0.3 is 14.8 Å². The summed E-state index contributed by atoms with van der Waals surface area (Å²) in [6.07, 6.45) is 8.89. The second kappa shape index (κ2) is 10.7. The normalized spacial score (nSPS) is 16.8. The van der Waals surface area contributed by atoms with Gasteiger partial charge in [0.1, 0.15) is 23.2 Å². The summed E-state index contributed by atoms with van der Waals surface area (Å²) in [7, 11) is -1.67. The van der Waals surface area contributed by atoms with Gasteiger partial charge in [-0.3, -0.25) is 4.79 Å². The number of hydrogen-bond donors (Lipinski definition) is 2. The number of rotatable bonds is 6. The number of amides is 1. The van der Waals surface area contributed by atoms with Gasteiger partial charge in [0, 0.05) is 4.90 Å². The van der Waals surface area contributed by atoms with E-state index >= 15 is 4.39 Å². The van der Waals surface area contributed by atoms with Gasteiger partial charge in [0.15, 0.2) is 5.82 Å². The minimum Gasteiger partial charge on any atom is -0.364 e. The highest BCUT2D eigenvalue weighted by Crippen LogP contribution is 2.34. The highest BCUT2D eigenvalue weighted by molar-refractivity contribution is 7.85. The molecule has 5 rings (SSSR count). The molecule has 1 aliphatic rings. The number of H-pyrrole nitrogens is 1. The summed E-state index contributed by atoms with van der Waals surface area (Å²) in [6, 6.07) is 11.6. The van der Waals surface area contributed by atoms with E-state index in [9.17, 15) is 9.00 Å². The fraction of sp³-hybridized carbons (Fsp3) is 0.370. The summed E-state index contributed by atoms with van der Waals surface area (Å²) in [6.45, 7) is 1.72. The second-order valence-electron chi connectivity index (χ2n) is 9.35. The van der Waals surface area contributed by atoms with E-state index in [1.54, 1.807) is 37.3 Å². The minimum atomic E-state index is -1.67. The fourth-order valence-corrected chi connectivity index (χ4v) is 6.07. The Morgan fingerprint density at radius 1 is 1.11 bits per heavy atom. The summed E-state index contributed by atoms with van der Waals surface area (Å²) < 4.78 is 33.6. The van der Waals surface area contributed by atoms with Crippen molar-refractivity contribution in [2.45, 2.75) is 67.7 Å². The lowest BCUT2D eigenvalue weighted by molar-refractivity contribution is 0.0911. The Labute approximate surface area is 211 Å². The first-order chi connectivity index (χ1) is 17.5. The number of halogens is 1. The van der Waals surface area contributed by atoms with Gasteiger partial charge >= 0.3 is 0 Å². The Morgan fingerprint density at radius 3 is 2.53 bits per heavy atom. The number of imidazole rings is 1. The largest absolute Gasteiger partial charge is 0.364 e. The predicted molar refractivity (Wildman–Crippen MR) is 134 cm³/mol. The molecule has 2 N–H and O–H groups in total. The molecule has 0 spiro atoms. The van der Waals surface area contributed by atoms with Crippen LogP contribution in [0.2, 0.25) is 0 Å². The summed E-state index contributed by atoms with van der Waals surface area (Å²) in [4.78, 5) is 21.6. The Morgan fingerprint density at radius 2 is 1.83 bits per heavy atom. The zero-order chi connectivity index (χ0) is 25.1. The Kier molecular flexibility index (Phi) is 7.27. The van der Waals surface area contributed by atoms with Crippen molar-refractivity contribution in [3.63, 3.8) is 0 Å². The summed E-state index contributed by atoms with van der Waals surface area (Å²) in [5, 5.41) is 6.94. The van der Waals surface area contributed by atoms with Crippen LogP contribution in [0.4, 0.5) is 4.39 Å². The van der Waals surface area contributed by atoms with Crippen molar-refractivity contribution >= 4 is 27.7 Å². The van der Waals surface area contributed by atoms with Crippen molar-refractivity contribution < 1.29 is 17.9 Å². The third-order valence-corrected chi connectivity index (χ3v) is 8.34. The molecule has 2 aromatic carbocycles. The molecule has 1 saturated carbocycles. The Hall–Kier alpha value is -3.33. The van der Waals surface area contributed by atoms with E-state index in [0.717, 1.165) is 38.5 Å². The van der Waals surface area contributed by atoms with Gasteiger partial charge in [-0.25, -0.2) is 13.6 Å². The third-order valence-electron chi connectivity index (χ3n) is 6.93. The molecule has 0 saturated heterocycles. The number of aromatic nitrogens is 3. The van der Waals surface area contributed by atoms with Crippen LogP contribution in [0, 0.1) is 18.7 Å². The van der Waals surface area contributed by atoms with Crippen LogP contribution in [0.25, 0.3) is 11.0 Å². The van der Waals surface area contributed by atoms with Crippen LogP contribution < -0.4 is 5.32 Å². The number of aryl methyl sites for hydroxylation is 1. The number of carbonyl (C=O) groups excluding carboxylic acids is 1. The van der Waals surface area contributed by atoms with Gasteiger partial charge in [0.05, 0.1) is 32.9 Å². The SMILES string of the molecule is Cc1nocc1C(=O)NC(c1nc2c(F)c(S(=O)c3ccccc3)ccc2[nH]1)C1CCCCCCC1. The molecule has 1 amide bonds. The molecule has 1 aliphatic carbocycles. The number of carbonyl (C=O) groups is 1. The highest BCUT2D eigenvalue weighted by Gasteiger charge is 2.30. The average molecular weight is 509 g/mol. The standard InChI is InChI=1S/C27H29FN4O3S/c1-17-20(16-35-32-17)27(33)31-24(18-10-6-3-2-4-7-11-18)26-29-21-14-15-22(23(28)25(21)30-26)36(34)19-12-8-5-9-13-19/h5,8-9,12-16,18,24H,2-4,6-7,10-11H2,1H3,(H,29,30)(H,31,33). The van der Waals surface area contributed by atoms with E-state index in [4.69, 9.17) is 4.52 Å². The quantitative estimate of drug-likeness (QED) is 0.333. The van der Waals surface area contributed by atoms with Crippen LogP contribution in [0.1, 0.15) is 72.9 Å².